The SMILES string of the molecule is CNc1cc(NC(C)CCOC)nc(C(C)(C)C)n1. The lowest BCUT2D eigenvalue weighted by Gasteiger charge is -2.20. The van der Waals surface area contributed by atoms with Gasteiger partial charge in [-0.05, 0) is 13.3 Å². The number of methoxy groups -OCH3 is 1. The van der Waals surface area contributed by atoms with E-state index in [4.69, 9.17) is 4.74 Å². The molecule has 0 spiro atoms. The van der Waals surface area contributed by atoms with Crippen LogP contribution in [0.25, 0.3) is 0 Å². The van der Waals surface area contributed by atoms with Gasteiger partial charge in [0.15, 0.2) is 0 Å². The Morgan fingerprint density at radius 3 is 2.42 bits per heavy atom. The minimum absolute atomic E-state index is 0.0704. The zero-order valence-corrected chi connectivity index (χ0v) is 12.9. The Balaban J connectivity index is 2.88. The summed E-state index contributed by atoms with van der Waals surface area (Å²) in [6.45, 7) is 9.20. The highest BCUT2D eigenvalue weighted by atomic mass is 16.5. The van der Waals surface area contributed by atoms with Gasteiger partial charge in [0.2, 0.25) is 0 Å². The Bertz CT molecular complexity index is 401. The van der Waals surface area contributed by atoms with Crippen LogP contribution >= 0.6 is 0 Å². The summed E-state index contributed by atoms with van der Waals surface area (Å²) in [6.07, 6.45) is 0.945. The van der Waals surface area contributed by atoms with E-state index in [1.165, 1.54) is 0 Å². The molecule has 108 valence electrons. The number of rotatable bonds is 6. The predicted molar refractivity (Wildman–Crippen MR) is 79.9 cm³/mol. The van der Waals surface area contributed by atoms with Crippen molar-refractivity contribution in [2.45, 2.75) is 45.6 Å². The molecule has 0 bridgehead atoms. The molecular formula is C14H26N4O. The van der Waals surface area contributed by atoms with E-state index in [9.17, 15) is 0 Å². The average Bonchev–Trinajstić information content (AvgIpc) is 2.34. The van der Waals surface area contributed by atoms with Crippen molar-refractivity contribution in [1.82, 2.24) is 9.97 Å². The number of nitrogens with zero attached hydrogens (tertiary/aromatic N) is 2. The van der Waals surface area contributed by atoms with Crippen LogP contribution in [0, 0.1) is 0 Å². The molecule has 0 fully saturated rings. The van der Waals surface area contributed by atoms with Crippen LogP contribution in [0.1, 0.15) is 39.9 Å². The fraction of sp³-hybridized carbons (Fsp3) is 0.714. The molecule has 1 aromatic heterocycles. The molecule has 2 N–H and O–H groups in total. The quantitative estimate of drug-likeness (QED) is 0.829. The van der Waals surface area contributed by atoms with Crippen LogP contribution in [-0.4, -0.2) is 36.8 Å². The maximum Gasteiger partial charge on any atom is 0.138 e. The first kappa shape index (κ1) is 15.7. The third-order valence-corrected chi connectivity index (χ3v) is 2.80. The number of anilines is 2. The van der Waals surface area contributed by atoms with Crippen molar-refractivity contribution in [3.05, 3.63) is 11.9 Å². The molecule has 5 heteroatoms. The van der Waals surface area contributed by atoms with E-state index >= 15 is 0 Å². The van der Waals surface area contributed by atoms with Gasteiger partial charge >= 0.3 is 0 Å². The third-order valence-electron chi connectivity index (χ3n) is 2.80. The second-order valence-electron chi connectivity index (χ2n) is 5.79. The van der Waals surface area contributed by atoms with E-state index in [1.807, 2.05) is 13.1 Å². The third kappa shape index (κ3) is 5.03. The molecule has 0 aromatic carbocycles. The standard InChI is InChI=1S/C14H26N4O/c1-10(7-8-19-6)16-12-9-11(15-5)17-13(18-12)14(2,3)4/h9-10H,7-8H2,1-6H3,(H2,15,16,17,18). The van der Waals surface area contributed by atoms with Gasteiger partial charge in [0.25, 0.3) is 0 Å². The lowest BCUT2D eigenvalue weighted by molar-refractivity contribution is 0.191. The Morgan fingerprint density at radius 1 is 1.26 bits per heavy atom. The maximum atomic E-state index is 5.09. The van der Waals surface area contributed by atoms with Crippen molar-refractivity contribution in [1.29, 1.82) is 0 Å². The zero-order chi connectivity index (χ0) is 14.5. The molecule has 0 saturated heterocycles. The van der Waals surface area contributed by atoms with Gasteiger partial charge < -0.3 is 15.4 Å². The molecule has 0 radical (unpaired) electrons. The summed E-state index contributed by atoms with van der Waals surface area (Å²) in [4.78, 5) is 9.10. The van der Waals surface area contributed by atoms with Gasteiger partial charge in [-0.2, -0.15) is 0 Å². The summed E-state index contributed by atoms with van der Waals surface area (Å²) in [5.41, 5.74) is -0.0704. The minimum atomic E-state index is -0.0704. The highest BCUT2D eigenvalue weighted by Crippen LogP contribution is 2.22. The van der Waals surface area contributed by atoms with Crippen LogP contribution in [0.5, 0.6) is 0 Å². The van der Waals surface area contributed by atoms with Crippen LogP contribution < -0.4 is 10.6 Å². The summed E-state index contributed by atoms with van der Waals surface area (Å²) >= 11 is 0. The number of hydrogen-bond donors (Lipinski definition) is 2. The van der Waals surface area contributed by atoms with Gasteiger partial charge in [-0.1, -0.05) is 20.8 Å². The fourth-order valence-electron chi connectivity index (χ4n) is 1.60. The van der Waals surface area contributed by atoms with Crippen molar-refractivity contribution >= 4 is 11.6 Å². The molecule has 1 rings (SSSR count). The molecule has 0 aliphatic rings. The summed E-state index contributed by atoms with van der Waals surface area (Å²) in [5, 5.41) is 6.47. The van der Waals surface area contributed by atoms with Crippen LogP contribution in [-0.2, 0) is 10.2 Å². The van der Waals surface area contributed by atoms with Crippen molar-refractivity contribution < 1.29 is 4.74 Å². The number of hydrogen-bond acceptors (Lipinski definition) is 5. The van der Waals surface area contributed by atoms with Crippen LogP contribution in [0.3, 0.4) is 0 Å². The summed E-state index contributed by atoms with van der Waals surface area (Å²) in [5.74, 6) is 2.52. The number of aromatic nitrogens is 2. The van der Waals surface area contributed by atoms with E-state index in [2.05, 4.69) is 48.3 Å². The topological polar surface area (TPSA) is 59.1 Å². The maximum absolute atomic E-state index is 5.09. The summed E-state index contributed by atoms with van der Waals surface area (Å²) in [7, 11) is 3.58. The first-order chi connectivity index (χ1) is 8.86. The van der Waals surface area contributed by atoms with Crippen LogP contribution in [0.15, 0.2) is 6.07 Å². The van der Waals surface area contributed by atoms with E-state index in [1.54, 1.807) is 7.11 Å². The molecule has 19 heavy (non-hydrogen) atoms. The molecule has 0 saturated carbocycles. The second kappa shape index (κ2) is 6.70. The Kier molecular flexibility index (Phi) is 5.54. The van der Waals surface area contributed by atoms with E-state index in [0.717, 1.165) is 30.5 Å². The predicted octanol–water partition coefficient (Wildman–Crippen LogP) is 2.65. The summed E-state index contributed by atoms with van der Waals surface area (Å²) < 4.78 is 5.09. The normalized spacial score (nSPS) is 13.2. The van der Waals surface area contributed by atoms with Gasteiger partial charge in [0.05, 0.1) is 0 Å². The largest absolute Gasteiger partial charge is 0.385 e. The highest BCUT2D eigenvalue weighted by Gasteiger charge is 2.19. The van der Waals surface area contributed by atoms with E-state index in [-0.39, 0.29) is 5.41 Å². The van der Waals surface area contributed by atoms with Gasteiger partial charge in [0.1, 0.15) is 17.5 Å². The molecule has 1 heterocycles. The lowest BCUT2D eigenvalue weighted by atomic mass is 9.96. The first-order valence-electron chi connectivity index (χ1n) is 6.69. The Morgan fingerprint density at radius 2 is 1.89 bits per heavy atom. The molecule has 0 aliphatic carbocycles. The number of ether oxygens (including phenoxy) is 1. The van der Waals surface area contributed by atoms with Gasteiger partial charge in [0, 0.05) is 38.3 Å². The van der Waals surface area contributed by atoms with Crippen molar-refractivity contribution in [3.8, 4) is 0 Å². The van der Waals surface area contributed by atoms with E-state index in [0.29, 0.717) is 6.04 Å². The van der Waals surface area contributed by atoms with Crippen molar-refractivity contribution in [3.63, 3.8) is 0 Å². The lowest BCUT2D eigenvalue weighted by Crippen LogP contribution is -2.22. The van der Waals surface area contributed by atoms with Gasteiger partial charge in [-0.3, -0.25) is 0 Å². The van der Waals surface area contributed by atoms with Gasteiger partial charge in [-0.25, -0.2) is 9.97 Å². The molecule has 1 aromatic rings. The Hall–Kier alpha value is -1.36. The average molecular weight is 266 g/mol. The monoisotopic (exact) mass is 266 g/mol. The highest BCUT2D eigenvalue weighted by molar-refractivity contribution is 5.48. The molecular weight excluding hydrogens is 240 g/mol. The van der Waals surface area contributed by atoms with Crippen molar-refractivity contribution in [2.24, 2.45) is 0 Å². The molecule has 1 unspecified atom stereocenters. The Labute approximate surface area is 116 Å². The molecule has 5 nitrogen and oxygen atoms in total. The zero-order valence-electron chi connectivity index (χ0n) is 12.9. The molecule has 1 atom stereocenters. The summed E-state index contributed by atoms with van der Waals surface area (Å²) in [6, 6.07) is 2.24. The molecule has 0 amide bonds. The molecule has 0 aliphatic heterocycles. The van der Waals surface area contributed by atoms with Gasteiger partial charge in [-0.15, -0.1) is 0 Å². The fourth-order valence-corrected chi connectivity index (χ4v) is 1.60. The van der Waals surface area contributed by atoms with E-state index < -0.39 is 0 Å². The first-order valence-corrected chi connectivity index (χ1v) is 6.69. The van der Waals surface area contributed by atoms with Crippen LogP contribution in [0.2, 0.25) is 0 Å². The minimum Gasteiger partial charge on any atom is -0.385 e. The smallest absolute Gasteiger partial charge is 0.138 e. The van der Waals surface area contributed by atoms with Crippen molar-refractivity contribution in [2.75, 3.05) is 31.4 Å². The number of nitrogens with one attached hydrogen (secondary N) is 2. The van der Waals surface area contributed by atoms with Crippen LogP contribution in [0.4, 0.5) is 11.6 Å². The second-order valence-corrected chi connectivity index (χ2v) is 5.79.